The number of hydrogen-bond donors (Lipinski definition) is 1. The standard InChI is InChI=1S/C16H10Cl3NO3.ClH/c1-2-23-9-5-3-8(4-6-9)20-15(21)10-7-11(17)13(18)14(19)12(10)16(20)22;/h3-7H,2H2,1H3;1H. The summed E-state index contributed by atoms with van der Waals surface area (Å²) < 4.78 is 5.35. The Morgan fingerprint density at radius 2 is 1.62 bits per heavy atom. The number of halogens is 4. The van der Waals surface area contributed by atoms with Crippen LogP contribution in [-0.4, -0.2) is 18.4 Å². The van der Waals surface area contributed by atoms with Gasteiger partial charge in [-0.25, -0.2) is 9.59 Å². The van der Waals surface area contributed by atoms with E-state index in [1.54, 1.807) is 24.3 Å². The molecule has 0 fully saturated rings. The molecule has 1 N–H and O–H groups in total. The van der Waals surface area contributed by atoms with Gasteiger partial charge in [0.05, 0.1) is 21.7 Å². The molecule has 3 rings (SSSR count). The first kappa shape index (κ1) is 19.0. The maximum absolute atomic E-state index is 12.6. The van der Waals surface area contributed by atoms with Gasteiger partial charge in [-0.15, -0.1) is 0 Å². The first-order valence-electron chi connectivity index (χ1n) is 6.82. The van der Waals surface area contributed by atoms with Gasteiger partial charge in [-0.05, 0) is 25.1 Å². The Kier molecular flexibility index (Phi) is 5.78. The minimum Gasteiger partial charge on any atom is -1.00 e. The number of fused-ring (bicyclic) bond motifs is 1. The van der Waals surface area contributed by atoms with Gasteiger partial charge in [0, 0.05) is 12.1 Å². The van der Waals surface area contributed by atoms with E-state index in [1.165, 1.54) is 6.07 Å². The molecule has 126 valence electrons. The number of benzene rings is 2. The van der Waals surface area contributed by atoms with Crippen LogP contribution in [0.2, 0.25) is 15.1 Å². The Hall–Kier alpha value is -1.30. The van der Waals surface area contributed by atoms with Crippen molar-refractivity contribution >= 4 is 52.3 Å². The molecule has 1 atom stereocenters. The van der Waals surface area contributed by atoms with Crippen molar-refractivity contribution in [3.8, 4) is 5.75 Å². The minimum atomic E-state index is -0.447. The highest BCUT2D eigenvalue weighted by atomic mass is 35.5. The van der Waals surface area contributed by atoms with Gasteiger partial charge in [0.1, 0.15) is 22.6 Å². The van der Waals surface area contributed by atoms with E-state index in [9.17, 15) is 9.59 Å². The zero-order valence-electron chi connectivity index (χ0n) is 12.3. The van der Waals surface area contributed by atoms with Gasteiger partial charge in [-0.3, -0.25) is 0 Å². The number of ether oxygens (including phenoxy) is 1. The largest absolute Gasteiger partial charge is 1.00 e. The summed E-state index contributed by atoms with van der Waals surface area (Å²) in [5.41, 5.74) is 0.788. The predicted octanol–water partition coefficient (Wildman–Crippen LogP) is 0.560. The highest BCUT2D eigenvalue weighted by molar-refractivity contribution is 6.50. The van der Waals surface area contributed by atoms with Gasteiger partial charge in [-0.1, -0.05) is 34.8 Å². The summed E-state index contributed by atoms with van der Waals surface area (Å²) in [6.07, 6.45) is 0. The molecule has 2 amide bonds. The summed E-state index contributed by atoms with van der Waals surface area (Å²) in [6, 6.07) is 8.12. The molecule has 24 heavy (non-hydrogen) atoms. The minimum absolute atomic E-state index is 0. The Balaban J connectivity index is 0.00000208. The lowest BCUT2D eigenvalue weighted by Crippen LogP contribution is -3.10. The molecule has 1 heterocycles. The van der Waals surface area contributed by atoms with Crippen LogP contribution in [0.15, 0.2) is 30.3 Å². The first-order chi connectivity index (χ1) is 11.0. The van der Waals surface area contributed by atoms with Crippen molar-refractivity contribution in [2.75, 3.05) is 6.61 Å². The summed E-state index contributed by atoms with van der Waals surface area (Å²) in [5.74, 6) is -0.191. The Morgan fingerprint density at radius 3 is 2.21 bits per heavy atom. The molecule has 0 spiro atoms. The van der Waals surface area contributed by atoms with E-state index in [1.807, 2.05) is 6.92 Å². The molecule has 0 bridgehead atoms. The molecule has 2 aromatic rings. The molecule has 0 aromatic heterocycles. The number of quaternary nitrogens is 1. The second-order valence-electron chi connectivity index (χ2n) is 4.90. The topological polar surface area (TPSA) is 47.8 Å². The second-order valence-corrected chi connectivity index (χ2v) is 6.06. The molecular weight excluding hydrogens is 396 g/mol. The van der Waals surface area contributed by atoms with Crippen molar-refractivity contribution in [2.45, 2.75) is 6.92 Å². The predicted molar refractivity (Wildman–Crippen MR) is 88.4 cm³/mol. The van der Waals surface area contributed by atoms with E-state index in [2.05, 4.69) is 0 Å². The Morgan fingerprint density at radius 1 is 1.00 bits per heavy atom. The van der Waals surface area contributed by atoms with Gasteiger partial charge in [0.2, 0.25) is 0 Å². The van der Waals surface area contributed by atoms with E-state index in [-0.39, 0.29) is 43.5 Å². The Labute approximate surface area is 159 Å². The first-order valence-corrected chi connectivity index (χ1v) is 7.96. The number of carbonyl (C=O) groups excluding carboxylic acids is 2. The molecule has 1 aliphatic heterocycles. The van der Waals surface area contributed by atoms with Gasteiger partial charge in [0.15, 0.2) is 0 Å². The average Bonchev–Trinajstić information content (AvgIpc) is 2.77. The second kappa shape index (κ2) is 7.30. The van der Waals surface area contributed by atoms with Crippen LogP contribution in [0.4, 0.5) is 5.69 Å². The zero-order chi connectivity index (χ0) is 16.7. The smallest absolute Gasteiger partial charge is 0.359 e. The number of hydrogen-bond acceptors (Lipinski definition) is 3. The van der Waals surface area contributed by atoms with Crippen molar-refractivity contribution in [1.82, 2.24) is 0 Å². The maximum Gasteiger partial charge on any atom is 0.359 e. The van der Waals surface area contributed by atoms with Gasteiger partial charge >= 0.3 is 11.8 Å². The molecule has 0 saturated carbocycles. The molecule has 4 nitrogen and oxygen atoms in total. The monoisotopic (exact) mass is 405 g/mol. The van der Waals surface area contributed by atoms with Crippen molar-refractivity contribution in [1.29, 1.82) is 0 Å². The summed E-state index contributed by atoms with van der Waals surface area (Å²) in [5, 5.41) is 0.221. The van der Waals surface area contributed by atoms with Crippen LogP contribution in [0.5, 0.6) is 5.75 Å². The van der Waals surface area contributed by atoms with Crippen LogP contribution in [0, 0.1) is 0 Å². The third-order valence-electron chi connectivity index (χ3n) is 3.54. The van der Waals surface area contributed by atoms with E-state index < -0.39 is 11.8 Å². The van der Waals surface area contributed by atoms with E-state index in [4.69, 9.17) is 39.5 Å². The molecule has 0 aliphatic carbocycles. The lowest BCUT2D eigenvalue weighted by atomic mass is 10.1. The molecule has 1 aliphatic rings. The molecule has 0 saturated heterocycles. The summed E-state index contributed by atoms with van der Waals surface area (Å²) in [4.78, 5) is 25.3. The summed E-state index contributed by atoms with van der Waals surface area (Å²) in [7, 11) is 0. The average molecular weight is 407 g/mol. The van der Waals surface area contributed by atoms with E-state index in [0.29, 0.717) is 18.0 Å². The number of nitrogens with one attached hydrogen (secondary N) is 1. The van der Waals surface area contributed by atoms with Crippen molar-refractivity contribution in [2.24, 2.45) is 0 Å². The lowest BCUT2D eigenvalue weighted by Gasteiger charge is -2.08. The number of imide groups is 1. The molecular formula is C16H11Cl4NO3. The Bertz CT molecular complexity index is 821. The number of amides is 2. The highest BCUT2D eigenvalue weighted by Gasteiger charge is 2.46. The van der Waals surface area contributed by atoms with Crippen LogP contribution in [-0.2, 0) is 0 Å². The van der Waals surface area contributed by atoms with Gasteiger partial charge in [-0.2, -0.15) is 4.90 Å². The molecule has 8 heteroatoms. The van der Waals surface area contributed by atoms with Gasteiger partial charge < -0.3 is 17.1 Å². The van der Waals surface area contributed by atoms with Crippen LogP contribution < -0.4 is 22.0 Å². The van der Waals surface area contributed by atoms with Crippen LogP contribution in [0.1, 0.15) is 27.6 Å². The fourth-order valence-corrected chi connectivity index (χ4v) is 3.20. The van der Waals surface area contributed by atoms with Crippen molar-refractivity contribution < 1.29 is 31.6 Å². The fourth-order valence-electron chi connectivity index (χ4n) is 2.51. The third kappa shape index (κ3) is 3.01. The summed E-state index contributed by atoms with van der Waals surface area (Å²) in [6.45, 7) is 2.41. The quantitative estimate of drug-likeness (QED) is 0.598. The normalized spacial score (nSPS) is 15.9. The van der Waals surface area contributed by atoms with Crippen molar-refractivity contribution in [3.05, 3.63) is 56.5 Å². The van der Waals surface area contributed by atoms with Crippen molar-refractivity contribution in [3.63, 3.8) is 0 Å². The van der Waals surface area contributed by atoms with E-state index in [0.717, 1.165) is 0 Å². The molecule has 0 radical (unpaired) electrons. The molecule has 1 unspecified atom stereocenters. The lowest BCUT2D eigenvalue weighted by molar-refractivity contribution is -0.640. The van der Waals surface area contributed by atoms with Crippen LogP contribution in [0.3, 0.4) is 0 Å². The van der Waals surface area contributed by atoms with Crippen LogP contribution >= 0.6 is 34.8 Å². The highest BCUT2D eigenvalue weighted by Crippen LogP contribution is 2.36. The SMILES string of the molecule is CCOc1ccc([NH+]2C(=O)c3cc(Cl)c(Cl)c(Cl)c3C2=O)cc1.[Cl-]. The fraction of sp³-hybridized carbons (Fsp3) is 0.125. The zero-order valence-corrected chi connectivity index (χ0v) is 15.4. The molecule has 2 aromatic carbocycles. The number of carbonyl (C=O) groups is 2. The van der Waals surface area contributed by atoms with Crippen LogP contribution in [0.25, 0.3) is 0 Å². The third-order valence-corrected chi connectivity index (χ3v) is 4.80. The number of rotatable bonds is 3. The maximum atomic E-state index is 12.6. The summed E-state index contributed by atoms with van der Waals surface area (Å²) >= 11 is 18.0. The van der Waals surface area contributed by atoms with Gasteiger partial charge in [0.25, 0.3) is 0 Å². The van der Waals surface area contributed by atoms with E-state index >= 15 is 0 Å².